The van der Waals surface area contributed by atoms with Gasteiger partial charge in [0.1, 0.15) is 5.75 Å². The number of aliphatic imine (C=N–C) groups is 1. The van der Waals surface area contributed by atoms with E-state index in [0.717, 1.165) is 43.5 Å². The SMILES string of the molecule is CCCCNC1=Nc2ccccc2CN1Cc1ccccc1OC. The molecule has 0 unspecified atom stereocenters. The fourth-order valence-corrected chi connectivity index (χ4v) is 2.92. The lowest BCUT2D eigenvalue weighted by Gasteiger charge is -2.31. The van der Waals surface area contributed by atoms with E-state index in [1.54, 1.807) is 7.11 Å². The number of ether oxygens (including phenoxy) is 1. The van der Waals surface area contributed by atoms with Crippen LogP contribution < -0.4 is 10.1 Å². The summed E-state index contributed by atoms with van der Waals surface area (Å²) in [6, 6.07) is 16.5. The van der Waals surface area contributed by atoms with Crippen LogP contribution in [-0.2, 0) is 13.1 Å². The Morgan fingerprint density at radius 1 is 1.12 bits per heavy atom. The van der Waals surface area contributed by atoms with Gasteiger partial charge in [-0.05, 0) is 24.1 Å². The molecule has 126 valence electrons. The number of guanidine groups is 1. The van der Waals surface area contributed by atoms with Crippen LogP contribution in [0.15, 0.2) is 53.5 Å². The second-order valence-corrected chi connectivity index (χ2v) is 6.01. The van der Waals surface area contributed by atoms with Crippen LogP contribution in [0.5, 0.6) is 5.75 Å². The lowest BCUT2D eigenvalue weighted by molar-refractivity contribution is 0.363. The largest absolute Gasteiger partial charge is 0.496 e. The van der Waals surface area contributed by atoms with E-state index in [1.807, 2.05) is 18.2 Å². The number of fused-ring (bicyclic) bond motifs is 1. The normalized spacial score (nSPS) is 13.2. The minimum absolute atomic E-state index is 0.774. The number of hydrogen-bond acceptors (Lipinski definition) is 4. The minimum Gasteiger partial charge on any atom is -0.496 e. The van der Waals surface area contributed by atoms with Crippen molar-refractivity contribution in [2.45, 2.75) is 32.9 Å². The van der Waals surface area contributed by atoms with Gasteiger partial charge in [-0.1, -0.05) is 49.7 Å². The first kappa shape index (κ1) is 16.4. The van der Waals surface area contributed by atoms with Gasteiger partial charge in [0.25, 0.3) is 0 Å². The molecule has 1 aliphatic heterocycles. The van der Waals surface area contributed by atoms with Gasteiger partial charge in [0.05, 0.1) is 12.8 Å². The van der Waals surface area contributed by atoms with E-state index in [1.165, 1.54) is 17.5 Å². The molecule has 0 atom stereocenters. The molecule has 24 heavy (non-hydrogen) atoms. The van der Waals surface area contributed by atoms with Crippen molar-refractivity contribution < 1.29 is 4.74 Å². The maximum Gasteiger partial charge on any atom is 0.199 e. The number of unbranched alkanes of at least 4 members (excludes halogenated alkanes) is 1. The van der Waals surface area contributed by atoms with Crippen molar-refractivity contribution >= 4 is 11.6 Å². The van der Waals surface area contributed by atoms with E-state index in [-0.39, 0.29) is 0 Å². The zero-order chi connectivity index (χ0) is 16.8. The molecule has 4 heteroatoms. The van der Waals surface area contributed by atoms with Crippen molar-refractivity contribution in [1.82, 2.24) is 10.2 Å². The van der Waals surface area contributed by atoms with E-state index in [4.69, 9.17) is 9.73 Å². The highest BCUT2D eigenvalue weighted by Crippen LogP contribution is 2.28. The van der Waals surface area contributed by atoms with Crippen molar-refractivity contribution in [2.75, 3.05) is 13.7 Å². The molecule has 2 aromatic carbocycles. The Bertz CT molecular complexity index is 712. The zero-order valence-electron chi connectivity index (χ0n) is 14.5. The third-order valence-electron chi connectivity index (χ3n) is 4.25. The van der Waals surface area contributed by atoms with Crippen LogP contribution in [0, 0.1) is 0 Å². The third kappa shape index (κ3) is 3.70. The summed E-state index contributed by atoms with van der Waals surface area (Å²) in [6.45, 7) is 4.77. The van der Waals surface area contributed by atoms with E-state index >= 15 is 0 Å². The first-order valence-corrected chi connectivity index (χ1v) is 8.59. The average molecular weight is 323 g/mol. The van der Waals surface area contributed by atoms with Crippen LogP contribution >= 0.6 is 0 Å². The number of rotatable bonds is 6. The monoisotopic (exact) mass is 323 g/mol. The predicted molar refractivity (Wildman–Crippen MR) is 98.7 cm³/mol. The summed E-state index contributed by atoms with van der Waals surface area (Å²) in [5.41, 5.74) is 3.49. The molecule has 0 spiro atoms. The lowest BCUT2D eigenvalue weighted by atomic mass is 10.1. The van der Waals surface area contributed by atoms with Gasteiger partial charge >= 0.3 is 0 Å². The Balaban J connectivity index is 1.84. The zero-order valence-corrected chi connectivity index (χ0v) is 14.5. The number of benzene rings is 2. The van der Waals surface area contributed by atoms with Crippen molar-refractivity contribution in [1.29, 1.82) is 0 Å². The van der Waals surface area contributed by atoms with E-state index in [0.29, 0.717) is 0 Å². The molecule has 0 fully saturated rings. The Labute approximate surface area is 144 Å². The topological polar surface area (TPSA) is 36.9 Å². The number of methoxy groups -OCH3 is 1. The first-order chi connectivity index (χ1) is 11.8. The average Bonchev–Trinajstić information content (AvgIpc) is 2.62. The van der Waals surface area contributed by atoms with Gasteiger partial charge in [-0.3, -0.25) is 0 Å². The molecule has 0 amide bonds. The lowest BCUT2D eigenvalue weighted by Crippen LogP contribution is -2.42. The molecular formula is C20H25N3O. The third-order valence-corrected chi connectivity index (χ3v) is 4.25. The number of nitrogens with one attached hydrogen (secondary N) is 1. The molecule has 2 aromatic rings. The van der Waals surface area contributed by atoms with Gasteiger partial charge in [-0.2, -0.15) is 0 Å². The molecule has 0 bridgehead atoms. The van der Waals surface area contributed by atoms with Crippen molar-refractivity contribution in [2.24, 2.45) is 4.99 Å². The molecule has 0 saturated heterocycles. The van der Waals surface area contributed by atoms with Crippen LogP contribution in [0.3, 0.4) is 0 Å². The van der Waals surface area contributed by atoms with Crippen LogP contribution in [0.25, 0.3) is 0 Å². The molecule has 0 saturated carbocycles. The highest BCUT2D eigenvalue weighted by atomic mass is 16.5. The number of hydrogen-bond donors (Lipinski definition) is 1. The van der Waals surface area contributed by atoms with Gasteiger partial charge in [-0.25, -0.2) is 4.99 Å². The summed E-state index contributed by atoms with van der Waals surface area (Å²) in [7, 11) is 1.72. The molecule has 1 heterocycles. The maximum absolute atomic E-state index is 5.50. The van der Waals surface area contributed by atoms with Gasteiger partial charge in [0.15, 0.2) is 5.96 Å². The van der Waals surface area contributed by atoms with Gasteiger partial charge in [-0.15, -0.1) is 0 Å². The van der Waals surface area contributed by atoms with Gasteiger partial charge in [0.2, 0.25) is 0 Å². The highest BCUT2D eigenvalue weighted by Gasteiger charge is 2.20. The summed E-state index contributed by atoms with van der Waals surface area (Å²) in [4.78, 5) is 7.13. The summed E-state index contributed by atoms with van der Waals surface area (Å²) in [5, 5.41) is 3.51. The summed E-state index contributed by atoms with van der Waals surface area (Å²) in [6.07, 6.45) is 2.31. The second kappa shape index (κ2) is 7.86. The standard InChI is InChI=1S/C20H25N3O/c1-3-4-13-21-20-22-18-11-7-5-9-16(18)14-23(20)15-17-10-6-8-12-19(17)24-2/h5-12H,3-4,13-15H2,1-2H3,(H,21,22). The minimum atomic E-state index is 0.774. The Kier molecular flexibility index (Phi) is 5.36. The number of para-hydroxylation sites is 2. The quantitative estimate of drug-likeness (QED) is 0.814. The van der Waals surface area contributed by atoms with Crippen molar-refractivity contribution in [3.63, 3.8) is 0 Å². The van der Waals surface area contributed by atoms with E-state index < -0.39 is 0 Å². The van der Waals surface area contributed by atoms with Crippen LogP contribution in [0.1, 0.15) is 30.9 Å². The Morgan fingerprint density at radius 3 is 2.75 bits per heavy atom. The molecule has 0 aliphatic carbocycles. The molecule has 3 rings (SSSR count). The summed E-state index contributed by atoms with van der Waals surface area (Å²) >= 11 is 0. The maximum atomic E-state index is 5.50. The Morgan fingerprint density at radius 2 is 1.92 bits per heavy atom. The summed E-state index contributed by atoms with van der Waals surface area (Å²) in [5.74, 6) is 1.87. The molecule has 0 aromatic heterocycles. The van der Waals surface area contributed by atoms with Crippen molar-refractivity contribution in [3.8, 4) is 5.75 Å². The number of nitrogens with zero attached hydrogens (tertiary/aromatic N) is 2. The predicted octanol–water partition coefficient (Wildman–Crippen LogP) is 4.09. The highest BCUT2D eigenvalue weighted by molar-refractivity contribution is 5.85. The first-order valence-electron chi connectivity index (χ1n) is 8.59. The van der Waals surface area contributed by atoms with Crippen LogP contribution in [0.4, 0.5) is 5.69 Å². The van der Waals surface area contributed by atoms with Gasteiger partial charge < -0.3 is 15.0 Å². The van der Waals surface area contributed by atoms with Gasteiger partial charge in [0, 0.05) is 25.2 Å². The van der Waals surface area contributed by atoms with E-state index in [2.05, 4.69) is 47.5 Å². The molecule has 1 N–H and O–H groups in total. The smallest absolute Gasteiger partial charge is 0.199 e. The fourth-order valence-electron chi connectivity index (χ4n) is 2.92. The van der Waals surface area contributed by atoms with Crippen LogP contribution in [-0.4, -0.2) is 24.5 Å². The summed E-state index contributed by atoms with van der Waals surface area (Å²) < 4.78 is 5.50. The fraction of sp³-hybridized carbons (Fsp3) is 0.350. The second-order valence-electron chi connectivity index (χ2n) is 6.01. The molecule has 1 aliphatic rings. The molecule has 4 nitrogen and oxygen atoms in total. The van der Waals surface area contributed by atoms with Crippen LogP contribution in [0.2, 0.25) is 0 Å². The van der Waals surface area contributed by atoms with Crippen molar-refractivity contribution in [3.05, 3.63) is 59.7 Å². The molecular weight excluding hydrogens is 298 g/mol. The molecule has 0 radical (unpaired) electrons. The Hall–Kier alpha value is -2.49. The van der Waals surface area contributed by atoms with E-state index in [9.17, 15) is 0 Å².